The van der Waals surface area contributed by atoms with Gasteiger partial charge in [-0.25, -0.2) is 9.59 Å². The Hall–Kier alpha value is -3.88. The third-order valence-electron chi connectivity index (χ3n) is 6.63. The van der Waals surface area contributed by atoms with Crippen LogP contribution < -0.4 is 5.32 Å². The van der Waals surface area contributed by atoms with E-state index in [1.165, 1.54) is 11.9 Å². The molecule has 35 heavy (non-hydrogen) atoms. The second kappa shape index (κ2) is 10.2. The zero-order valence-corrected chi connectivity index (χ0v) is 19.8. The lowest BCUT2D eigenvalue weighted by molar-refractivity contribution is -0.159. The Bertz CT molecular complexity index is 1100. The Morgan fingerprint density at radius 3 is 2.26 bits per heavy atom. The normalized spacial score (nSPS) is 18.0. The maximum Gasteiger partial charge on any atom is 0.407 e. The monoisotopic (exact) mass is 479 g/mol. The number of ether oxygens (including phenoxy) is 1. The number of alkyl carbamates (subject to hydrolysis) is 1. The van der Waals surface area contributed by atoms with E-state index in [1.807, 2.05) is 55.5 Å². The molecule has 184 valence electrons. The number of carbonyl (C=O) groups is 4. The van der Waals surface area contributed by atoms with Crippen molar-refractivity contribution in [1.82, 2.24) is 15.1 Å². The van der Waals surface area contributed by atoms with Crippen LogP contribution in [0.5, 0.6) is 0 Å². The molecule has 1 aliphatic carbocycles. The number of benzene rings is 2. The van der Waals surface area contributed by atoms with Crippen LogP contribution in [0.15, 0.2) is 48.5 Å². The highest BCUT2D eigenvalue weighted by molar-refractivity contribution is 5.94. The molecule has 3 amide bonds. The molecule has 1 heterocycles. The smallest absolute Gasteiger partial charge is 0.407 e. The van der Waals surface area contributed by atoms with Crippen molar-refractivity contribution >= 4 is 23.9 Å². The van der Waals surface area contributed by atoms with Gasteiger partial charge in [-0.15, -0.1) is 0 Å². The highest BCUT2D eigenvalue weighted by Crippen LogP contribution is 2.44. The van der Waals surface area contributed by atoms with E-state index in [1.54, 1.807) is 0 Å². The Morgan fingerprint density at radius 1 is 1.09 bits per heavy atom. The first-order chi connectivity index (χ1) is 16.8. The molecule has 2 atom stereocenters. The van der Waals surface area contributed by atoms with Crippen molar-refractivity contribution in [2.24, 2.45) is 0 Å². The molecule has 4 rings (SSSR count). The molecule has 2 aliphatic rings. The summed E-state index contributed by atoms with van der Waals surface area (Å²) >= 11 is 0. The first-order valence-electron chi connectivity index (χ1n) is 11.7. The van der Waals surface area contributed by atoms with E-state index in [2.05, 4.69) is 5.32 Å². The molecular formula is C26H29N3O6. The van der Waals surface area contributed by atoms with E-state index in [0.29, 0.717) is 6.42 Å². The molecule has 9 heteroatoms. The number of nitrogens with one attached hydrogen (secondary N) is 1. The van der Waals surface area contributed by atoms with Crippen LogP contribution in [0, 0.1) is 0 Å². The standard InChI is InChI=1S/C26H29N3O6/c1-3-8-21(24(31)29-14-23(30)28(2)13-22(29)25(32)33)27-26(34)35-15-20-18-11-6-4-9-16(18)17-10-5-7-12-19(17)20/h4-7,9-12,20-22H,3,8,13-15H2,1-2H3,(H,27,34)(H,32,33)/t21-,22?/m1/s1. The van der Waals surface area contributed by atoms with Crippen molar-refractivity contribution in [1.29, 1.82) is 0 Å². The van der Waals surface area contributed by atoms with E-state index in [4.69, 9.17) is 4.74 Å². The van der Waals surface area contributed by atoms with Gasteiger partial charge in [-0.3, -0.25) is 9.59 Å². The second-order valence-electron chi connectivity index (χ2n) is 8.91. The number of rotatable bonds is 7. The molecule has 2 aromatic carbocycles. The molecule has 0 bridgehead atoms. The summed E-state index contributed by atoms with van der Waals surface area (Å²) in [7, 11) is 1.50. The van der Waals surface area contributed by atoms with Gasteiger partial charge in [0, 0.05) is 13.0 Å². The Morgan fingerprint density at radius 2 is 1.69 bits per heavy atom. The van der Waals surface area contributed by atoms with Gasteiger partial charge in [0.25, 0.3) is 0 Å². The molecule has 1 unspecified atom stereocenters. The van der Waals surface area contributed by atoms with E-state index in [9.17, 15) is 24.3 Å². The lowest BCUT2D eigenvalue weighted by atomic mass is 9.98. The van der Waals surface area contributed by atoms with Crippen molar-refractivity contribution in [2.75, 3.05) is 26.7 Å². The number of likely N-dealkylation sites (N-methyl/N-ethyl adjacent to an activating group) is 1. The summed E-state index contributed by atoms with van der Waals surface area (Å²) in [5, 5.41) is 12.2. The molecule has 2 aromatic rings. The molecule has 1 fully saturated rings. The fraction of sp³-hybridized carbons (Fsp3) is 0.385. The molecule has 0 saturated carbocycles. The minimum Gasteiger partial charge on any atom is -0.480 e. The zero-order chi connectivity index (χ0) is 25.1. The van der Waals surface area contributed by atoms with E-state index in [-0.39, 0.29) is 37.9 Å². The van der Waals surface area contributed by atoms with Crippen LogP contribution in [-0.4, -0.2) is 77.6 Å². The number of fused-ring (bicyclic) bond motifs is 3. The minimum absolute atomic E-state index is 0.0949. The van der Waals surface area contributed by atoms with Crippen LogP contribution in [0.3, 0.4) is 0 Å². The predicted molar refractivity (Wildman–Crippen MR) is 128 cm³/mol. The lowest BCUT2D eigenvalue weighted by Crippen LogP contribution is -2.63. The van der Waals surface area contributed by atoms with Crippen molar-refractivity contribution < 1.29 is 29.0 Å². The number of hydrogen-bond donors (Lipinski definition) is 2. The van der Waals surface area contributed by atoms with E-state index < -0.39 is 30.1 Å². The summed E-state index contributed by atoms with van der Waals surface area (Å²) in [4.78, 5) is 52.1. The summed E-state index contributed by atoms with van der Waals surface area (Å²) in [6.07, 6.45) is 0.0982. The summed E-state index contributed by atoms with van der Waals surface area (Å²) in [5.74, 6) is -2.28. The number of piperazine rings is 1. The number of carboxylic acids is 1. The van der Waals surface area contributed by atoms with Crippen molar-refractivity contribution in [3.05, 3.63) is 59.7 Å². The fourth-order valence-electron chi connectivity index (χ4n) is 4.81. The zero-order valence-electron chi connectivity index (χ0n) is 19.8. The summed E-state index contributed by atoms with van der Waals surface area (Å²) in [6, 6.07) is 13.8. The van der Waals surface area contributed by atoms with Gasteiger partial charge in [-0.1, -0.05) is 61.9 Å². The van der Waals surface area contributed by atoms with Crippen LogP contribution in [0.4, 0.5) is 4.79 Å². The van der Waals surface area contributed by atoms with Gasteiger partial charge in [0.15, 0.2) is 0 Å². The van der Waals surface area contributed by atoms with Gasteiger partial charge < -0.3 is 25.0 Å². The number of aliphatic carboxylic acids is 1. The van der Waals surface area contributed by atoms with Crippen molar-refractivity contribution in [2.45, 2.75) is 37.8 Å². The average molecular weight is 480 g/mol. The molecule has 2 N–H and O–H groups in total. The third kappa shape index (κ3) is 4.84. The number of amides is 3. The number of nitrogens with zero attached hydrogens (tertiary/aromatic N) is 2. The SMILES string of the molecule is CCC[C@@H](NC(=O)OCC1c2ccccc2-c2ccccc21)C(=O)N1CC(=O)N(C)CC1C(=O)O. The maximum atomic E-state index is 13.2. The summed E-state index contributed by atoms with van der Waals surface area (Å²) < 4.78 is 5.55. The topological polar surface area (TPSA) is 116 Å². The molecule has 1 saturated heterocycles. The number of hydrogen-bond acceptors (Lipinski definition) is 5. The predicted octanol–water partition coefficient (Wildman–Crippen LogP) is 2.45. The largest absolute Gasteiger partial charge is 0.480 e. The van der Waals surface area contributed by atoms with Gasteiger partial charge >= 0.3 is 12.1 Å². The molecule has 0 spiro atoms. The Kier molecular flexibility index (Phi) is 7.04. The van der Waals surface area contributed by atoms with Gasteiger partial charge in [0.2, 0.25) is 11.8 Å². The van der Waals surface area contributed by atoms with Gasteiger partial charge in [0.05, 0.1) is 6.54 Å². The lowest BCUT2D eigenvalue weighted by Gasteiger charge is -2.38. The van der Waals surface area contributed by atoms with Gasteiger partial charge in [-0.2, -0.15) is 0 Å². The number of carbonyl (C=O) groups excluding carboxylic acids is 3. The van der Waals surface area contributed by atoms with Crippen LogP contribution in [-0.2, 0) is 19.1 Å². The van der Waals surface area contributed by atoms with E-state index >= 15 is 0 Å². The molecule has 0 aromatic heterocycles. The van der Waals surface area contributed by atoms with Crippen LogP contribution in [0.1, 0.15) is 36.8 Å². The minimum atomic E-state index is -1.20. The highest BCUT2D eigenvalue weighted by Gasteiger charge is 2.40. The molecule has 9 nitrogen and oxygen atoms in total. The average Bonchev–Trinajstić information content (AvgIpc) is 3.17. The molecular weight excluding hydrogens is 450 g/mol. The Balaban J connectivity index is 1.45. The first-order valence-corrected chi connectivity index (χ1v) is 11.7. The molecule has 1 aliphatic heterocycles. The van der Waals surface area contributed by atoms with Crippen LogP contribution in [0.25, 0.3) is 11.1 Å². The third-order valence-corrected chi connectivity index (χ3v) is 6.63. The fourth-order valence-corrected chi connectivity index (χ4v) is 4.81. The van der Waals surface area contributed by atoms with E-state index in [0.717, 1.165) is 27.2 Å². The maximum absolute atomic E-state index is 13.2. The van der Waals surface area contributed by atoms with Gasteiger partial charge in [-0.05, 0) is 28.7 Å². The number of carboxylic acid groups (broad SMARTS) is 1. The summed E-state index contributed by atoms with van der Waals surface area (Å²) in [6.45, 7) is 1.49. The molecule has 0 radical (unpaired) electrons. The van der Waals surface area contributed by atoms with Gasteiger partial charge in [0.1, 0.15) is 25.2 Å². The van der Waals surface area contributed by atoms with Crippen molar-refractivity contribution in [3.8, 4) is 11.1 Å². The van der Waals surface area contributed by atoms with Crippen LogP contribution >= 0.6 is 0 Å². The van der Waals surface area contributed by atoms with Crippen LogP contribution in [0.2, 0.25) is 0 Å². The Labute approximate surface area is 203 Å². The quantitative estimate of drug-likeness (QED) is 0.630. The summed E-state index contributed by atoms with van der Waals surface area (Å²) in [5.41, 5.74) is 4.36. The van der Waals surface area contributed by atoms with Crippen molar-refractivity contribution in [3.63, 3.8) is 0 Å². The highest BCUT2D eigenvalue weighted by atomic mass is 16.5. The second-order valence-corrected chi connectivity index (χ2v) is 8.91. The first kappa shape index (κ1) is 24.3.